The van der Waals surface area contributed by atoms with Crippen LogP contribution in [-0.4, -0.2) is 10.5 Å². The quantitative estimate of drug-likeness (QED) is 0.447. The lowest BCUT2D eigenvalue weighted by Crippen LogP contribution is -2.31. The smallest absolute Gasteiger partial charge is 0.216 e. The summed E-state index contributed by atoms with van der Waals surface area (Å²) in [5.74, 6) is 0. The molecule has 0 aromatic rings. The molecular formula is C4H2Cl2F4. The minimum absolute atomic E-state index is 0.0100. The van der Waals surface area contributed by atoms with Gasteiger partial charge in [-0.1, -0.05) is 23.2 Å². The first kappa shape index (κ1) is 10.0. The maximum Gasteiger partial charge on any atom is 0.425 e. The maximum atomic E-state index is 11.5. The van der Waals surface area contributed by atoms with Crippen LogP contribution in [0.25, 0.3) is 0 Å². The fourth-order valence-electron chi connectivity index (χ4n) is 0.174. The molecule has 0 atom stereocenters. The SMILES string of the molecule is FC=CC(Cl)(Cl)C(F)(F)F. The van der Waals surface area contributed by atoms with Gasteiger partial charge in [-0.3, -0.25) is 0 Å². The Kier molecular flexibility index (Phi) is 2.98. The van der Waals surface area contributed by atoms with E-state index in [0.717, 1.165) is 0 Å². The summed E-state index contributed by atoms with van der Waals surface area (Å²) >= 11 is 9.25. The van der Waals surface area contributed by atoms with Crippen LogP contribution in [-0.2, 0) is 0 Å². The Labute approximate surface area is 64.4 Å². The van der Waals surface area contributed by atoms with Crippen LogP contribution in [0.15, 0.2) is 12.4 Å². The molecule has 0 saturated heterocycles. The van der Waals surface area contributed by atoms with Gasteiger partial charge in [-0.15, -0.1) is 0 Å². The molecular weight excluding hydrogens is 195 g/mol. The molecule has 0 aromatic carbocycles. The first-order valence-corrected chi connectivity index (χ1v) is 2.79. The van der Waals surface area contributed by atoms with Gasteiger partial charge < -0.3 is 0 Å². The summed E-state index contributed by atoms with van der Waals surface area (Å²) in [6.45, 7) is 0. The Bertz CT molecular complexity index is 137. The lowest BCUT2D eigenvalue weighted by atomic mass is 10.4. The number of hydrogen-bond acceptors (Lipinski definition) is 0. The average Bonchev–Trinajstić information content (AvgIpc) is 1.61. The van der Waals surface area contributed by atoms with Gasteiger partial charge in [0.15, 0.2) is 0 Å². The summed E-state index contributed by atoms with van der Waals surface area (Å²) in [4.78, 5) is 0. The number of rotatable bonds is 1. The Morgan fingerprint density at radius 3 is 1.60 bits per heavy atom. The van der Waals surface area contributed by atoms with Crippen molar-refractivity contribution in [3.63, 3.8) is 0 Å². The molecule has 0 aliphatic carbocycles. The second kappa shape index (κ2) is 2.96. The lowest BCUT2D eigenvalue weighted by molar-refractivity contribution is -0.131. The highest BCUT2D eigenvalue weighted by atomic mass is 35.5. The number of alkyl halides is 5. The van der Waals surface area contributed by atoms with Crippen LogP contribution in [0.2, 0.25) is 0 Å². The van der Waals surface area contributed by atoms with Crippen molar-refractivity contribution in [3.8, 4) is 0 Å². The van der Waals surface area contributed by atoms with E-state index in [1.54, 1.807) is 0 Å². The molecule has 0 spiro atoms. The van der Waals surface area contributed by atoms with Crippen molar-refractivity contribution in [2.24, 2.45) is 0 Å². The minimum Gasteiger partial charge on any atom is -0.216 e. The molecule has 6 heteroatoms. The highest BCUT2D eigenvalue weighted by Gasteiger charge is 2.50. The van der Waals surface area contributed by atoms with E-state index in [9.17, 15) is 17.6 Å². The maximum absolute atomic E-state index is 11.5. The molecule has 0 saturated carbocycles. The topological polar surface area (TPSA) is 0 Å². The van der Waals surface area contributed by atoms with Crippen molar-refractivity contribution < 1.29 is 17.6 Å². The molecule has 0 heterocycles. The van der Waals surface area contributed by atoms with Crippen LogP contribution in [0.3, 0.4) is 0 Å². The highest BCUT2D eigenvalue weighted by Crippen LogP contribution is 2.40. The van der Waals surface area contributed by atoms with Gasteiger partial charge in [0.05, 0.1) is 6.33 Å². The zero-order chi connectivity index (χ0) is 8.41. The van der Waals surface area contributed by atoms with Gasteiger partial charge in [0.25, 0.3) is 0 Å². The molecule has 60 valence electrons. The van der Waals surface area contributed by atoms with E-state index < -0.39 is 10.5 Å². The molecule has 0 aromatic heterocycles. The summed E-state index contributed by atoms with van der Waals surface area (Å²) in [6, 6.07) is 0. The van der Waals surface area contributed by atoms with Crippen LogP contribution in [0.4, 0.5) is 17.6 Å². The molecule has 0 fully saturated rings. The third kappa shape index (κ3) is 2.34. The van der Waals surface area contributed by atoms with Gasteiger partial charge in [-0.2, -0.15) is 13.2 Å². The van der Waals surface area contributed by atoms with Crippen LogP contribution >= 0.6 is 23.2 Å². The van der Waals surface area contributed by atoms with E-state index in [2.05, 4.69) is 23.2 Å². The van der Waals surface area contributed by atoms with Gasteiger partial charge in [0.1, 0.15) is 0 Å². The Balaban J connectivity index is 4.40. The fourth-order valence-corrected chi connectivity index (χ4v) is 0.269. The first-order valence-electron chi connectivity index (χ1n) is 2.04. The predicted molar refractivity (Wildman–Crippen MR) is 30.7 cm³/mol. The minimum atomic E-state index is -4.85. The van der Waals surface area contributed by atoms with Crippen molar-refractivity contribution >= 4 is 23.2 Å². The highest BCUT2D eigenvalue weighted by molar-refractivity contribution is 6.50. The number of halogens is 6. The van der Waals surface area contributed by atoms with E-state index >= 15 is 0 Å². The Hall–Kier alpha value is 0.0400. The molecule has 0 unspecified atom stereocenters. The van der Waals surface area contributed by atoms with Crippen molar-refractivity contribution in [1.82, 2.24) is 0 Å². The van der Waals surface area contributed by atoms with Gasteiger partial charge in [0.2, 0.25) is 4.33 Å². The van der Waals surface area contributed by atoms with E-state index in [4.69, 9.17) is 0 Å². The molecule has 0 aliphatic rings. The lowest BCUT2D eigenvalue weighted by Gasteiger charge is -2.17. The van der Waals surface area contributed by atoms with Crippen molar-refractivity contribution in [1.29, 1.82) is 0 Å². The third-order valence-electron chi connectivity index (χ3n) is 0.650. The average molecular weight is 197 g/mol. The zero-order valence-electron chi connectivity index (χ0n) is 4.42. The molecule has 0 N–H and O–H groups in total. The van der Waals surface area contributed by atoms with Crippen LogP contribution in [0.1, 0.15) is 0 Å². The molecule has 0 amide bonds. The molecule has 0 rings (SSSR count). The van der Waals surface area contributed by atoms with Crippen LogP contribution in [0, 0.1) is 0 Å². The predicted octanol–water partition coefficient (Wildman–Crippen LogP) is 3.21. The first-order chi connectivity index (χ1) is 4.31. The Morgan fingerprint density at radius 2 is 1.50 bits per heavy atom. The summed E-state index contributed by atoms with van der Waals surface area (Å²) in [5, 5.41) is 0. The van der Waals surface area contributed by atoms with Gasteiger partial charge in [-0.05, 0) is 6.08 Å². The van der Waals surface area contributed by atoms with E-state index in [1.165, 1.54) is 0 Å². The molecule has 0 radical (unpaired) electrons. The van der Waals surface area contributed by atoms with E-state index in [1.807, 2.05) is 0 Å². The summed E-state index contributed by atoms with van der Waals surface area (Å²) in [5.41, 5.74) is 0. The monoisotopic (exact) mass is 196 g/mol. The number of allylic oxidation sites excluding steroid dienone is 1. The zero-order valence-corrected chi connectivity index (χ0v) is 5.93. The normalized spacial score (nSPS) is 14.6. The summed E-state index contributed by atoms with van der Waals surface area (Å²) in [7, 11) is 0. The van der Waals surface area contributed by atoms with Crippen molar-refractivity contribution in [2.75, 3.05) is 0 Å². The Morgan fingerprint density at radius 1 is 1.10 bits per heavy atom. The van der Waals surface area contributed by atoms with E-state index in [0.29, 0.717) is 0 Å². The molecule has 0 aliphatic heterocycles. The van der Waals surface area contributed by atoms with Gasteiger partial charge in [-0.25, -0.2) is 4.39 Å². The second-order valence-electron chi connectivity index (χ2n) is 1.41. The fraction of sp³-hybridized carbons (Fsp3) is 0.500. The number of hydrogen-bond donors (Lipinski definition) is 0. The van der Waals surface area contributed by atoms with Gasteiger partial charge in [0, 0.05) is 0 Å². The second-order valence-corrected chi connectivity index (χ2v) is 2.80. The summed E-state index contributed by atoms with van der Waals surface area (Å²) in [6.07, 6.45) is -5.19. The van der Waals surface area contributed by atoms with Crippen molar-refractivity contribution in [2.45, 2.75) is 10.5 Å². The summed E-state index contributed by atoms with van der Waals surface area (Å²) < 4.78 is 42.7. The van der Waals surface area contributed by atoms with Crippen LogP contribution < -0.4 is 0 Å². The standard InChI is InChI=1S/C4H2Cl2F4/c5-3(6,1-2-7)4(8,9)10/h1-2H. The molecule has 10 heavy (non-hydrogen) atoms. The van der Waals surface area contributed by atoms with Crippen LogP contribution in [0.5, 0.6) is 0 Å². The largest absolute Gasteiger partial charge is 0.425 e. The van der Waals surface area contributed by atoms with E-state index in [-0.39, 0.29) is 12.4 Å². The molecule has 0 bridgehead atoms. The van der Waals surface area contributed by atoms with Crippen molar-refractivity contribution in [3.05, 3.63) is 12.4 Å². The molecule has 0 nitrogen and oxygen atoms in total. The van der Waals surface area contributed by atoms with Gasteiger partial charge >= 0.3 is 6.18 Å². The third-order valence-corrected chi connectivity index (χ3v) is 1.33.